The van der Waals surface area contributed by atoms with E-state index in [9.17, 15) is 19.2 Å². The van der Waals surface area contributed by atoms with Crippen LogP contribution in [0.2, 0.25) is 0 Å². The van der Waals surface area contributed by atoms with E-state index in [1.165, 1.54) is 26.4 Å². The lowest BCUT2D eigenvalue weighted by molar-refractivity contribution is -0.124. The van der Waals surface area contributed by atoms with Gasteiger partial charge in [0.1, 0.15) is 11.5 Å². The maximum absolute atomic E-state index is 12.7. The monoisotopic (exact) mass is 513 g/mol. The van der Waals surface area contributed by atoms with E-state index in [1.54, 1.807) is 30.3 Å². The third-order valence-corrected chi connectivity index (χ3v) is 6.16. The summed E-state index contributed by atoms with van der Waals surface area (Å²) in [6.45, 7) is -0.113. The van der Waals surface area contributed by atoms with Gasteiger partial charge in [0, 0.05) is 24.7 Å². The Morgan fingerprint density at radius 1 is 1.03 bits per heavy atom. The first-order valence-electron chi connectivity index (χ1n) is 10.8. The van der Waals surface area contributed by atoms with E-state index in [4.69, 9.17) is 18.9 Å². The fourth-order valence-electron chi connectivity index (χ4n) is 3.42. The van der Waals surface area contributed by atoms with Crippen LogP contribution in [0, 0.1) is 0 Å². The molecule has 2 aliphatic heterocycles. The van der Waals surface area contributed by atoms with Crippen LogP contribution in [0.1, 0.15) is 15.9 Å². The van der Waals surface area contributed by atoms with Crippen LogP contribution < -0.4 is 29.6 Å². The van der Waals surface area contributed by atoms with Gasteiger partial charge in [0.05, 0.1) is 25.7 Å². The molecule has 0 bridgehead atoms. The molecule has 0 spiro atoms. The molecule has 0 atom stereocenters. The Morgan fingerprint density at radius 2 is 1.75 bits per heavy atom. The van der Waals surface area contributed by atoms with Gasteiger partial charge in [-0.1, -0.05) is 6.07 Å². The summed E-state index contributed by atoms with van der Waals surface area (Å²) in [6, 6.07) is 9.89. The summed E-state index contributed by atoms with van der Waals surface area (Å²) in [5.74, 6) is 0.668. The van der Waals surface area contributed by atoms with Crippen LogP contribution in [0.5, 0.6) is 23.0 Å². The number of hydrogen-bond acceptors (Lipinski definition) is 9. The highest BCUT2D eigenvalue weighted by Gasteiger charge is 2.34. The number of carbonyl (C=O) groups excluding carboxylic acids is 4. The SMILES string of the molecule is COc1cc(OC)cc(C(=O)NCC(=O)NCCN2C(=O)S/C(=C\c3ccc4c(c3)OCO4)C2=O)c1. The molecule has 36 heavy (non-hydrogen) atoms. The number of methoxy groups -OCH3 is 2. The Hall–Kier alpha value is -4.19. The first kappa shape index (κ1) is 24.9. The molecule has 0 aliphatic carbocycles. The van der Waals surface area contributed by atoms with Crippen molar-refractivity contribution in [3.63, 3.8) is 0 Å². The van der Waals surface area contributed by atoms with Crippen LogP contribution in [0.15, 0.2) is 41.3 Å². The van der Waals surface area contributed by atoms with Crippen LogP contribution in [-0.4, -0.2) is 68.5 Å². The van der Waals surface area contributed by atoms with Crippen LogP contribution >= 0.6 is 11.8 Å². The van der Waals surface area contributed by atoms with Crippen LogP contribution in [0.4, 0.5) is 4.79 Å². The van der Waals surface area contributed by atoms with Gasteiger partial charge in [-0.05, 0) is 47.7 Å². The highest BCUT2D eigenvalue weighted by molar-refractivity contribution is 8.18. The number of nitrogens with one attached hydrogen (secondary N) is 2. The fraction of sp³-hybridized carbons (Fsp3) is 0.250. The smallest absolute Gasteiger partial charge is 0.293 e. The van der Waals surface area contributed by atoms with Crippen molar-refractivity contribution in [1.82, 2.24) is 15.5 Å². The number of ether oxygens (including phenoxy) is 4. The van der Waals surface area contributed by atoms with Crippen molar-refractivity contribution in [1.29, 1.82) is 0 Å². The Kier molecular flexibility index (Phi) is 7.64. The molecular weight excluding hydrogens is 490 g/mol. The van der Waals surface area contributed by atoms with Gasteiger partial charge in [0.15, 0.2) is 11.5 Å². The zero-order valence-electron chi connectivity index (χ0n) is 19.5. The number of carbonyl (C=O) groups is 4. The standard InChI is InChI=1S/C24H23N3O8S/c1-32-16-9-15(10-17(11-16)33-2)22(29)26-12-21(28)25-5-6-27-23(30)20(36-24(27)31)8-14-3-4-18-19(7-14)35-13-34-18/h3-4,7-11H,5-6,12-13H2,1-2H3,(H,25,28)(H,26,29)/b20-8-. The minimum atomic E-state index is -0.484. The number of thioether (sulfide) groups is 1. The number of imide groups is 1. The van der Waals surface area contributed by atoms with Gasteiger partial charge in [-0.15, -0.1) is 0 Å². The minimum Gasteiger partial charge on any atom is -0.497 e. The van der Waals surface area contributed by atoms with Crippen molar-refractivity contribution in [3.8, 4) is 23.0 Å². The maximum atomic E-state index is 12.7. The van der Waals surface area contributed by atoms with Crippen molar-refractivity contribution in [2.24, 2.45) is 0 Å². The second kappa shape index (κ2) is 11.0. The summed E-state index contributed by atoms with van der Waals surface area (Å²) in [5, 5.41) is 4.67. The number of amides is 4. The molecule has 2 aromatic carbocycles. The Labute approximate surface area is 210 Å². The van der Waals surface area contributed by atoms with Gasteiger partial charge in [-0.25, -0.2) is 0 Å². The van der Waals surface area contributed by atoms with Crippen molar-refractivity contribution in [3.05, 3.63) is 52.4 Å². The molecule has 2 heterocycles. The highest BCUT2D eigenvalue weighted by Crippen LogP contribution is 2.36. The minimum absolute atomic E-state index is 0.00405. The van der Waals surface area contributed by atoms with Crippen molar-refractivity contribution < 1.29 is 38.1 Å². The molecule has 1 fully saturated rings. The number of benzene rings is 2. The van der Waals surface area contributed by atoms with Gasteiger partial charge in [0.2, 0.25) is 12.7 Å². The number of nitrogens with zero attached hydrogens (tertiary/aromatic N) is 1. The lowest BCUT2D eigenvalue weighted by atomic mass is 10.2. The molecule has 2 aromatic rings. The van der Waals surface area contributed by atoms with E-state index in [-0.39, 0.29) is 36.9 Å². The molecule has 188 valence electrons. The van der Waals surface area contributed by atoms with E-state index < -0.39 is 23.0 Å². The van der Waals surface area contributed by atoms with Crippen LogP contribution in [-0.2, 0) is 9.59 Å². The van der Waals surface area contributed by atoms with Crippen molar-refractivity contribution in [2.75, 3.05) is 40.6 Å². The molecule has 0 aromatic heterocycles. The molecular formula is C24H23N3O8S. The first-order chi connectivity index (χ1) is 17.4. The van der Waals surface area contributed by atoms with Gasteiger partial charge in [0.25, 0.3) is 17.1 Å². The number of hydrogen-bond donors (Lipinski definition) is 2. The second-order valence-electron chi connectivity index (χ2n) is 7.58. The van der Waals surface area contributed by atoms with Crippen LogP contribution in [0.3, 0.4) is 0 Å². The quantitative estimate of drug-likeness (QED) is 0.483. The molecule has 0 saturated carbocycles. The molecule has 2 N–H and O–H groups in total. The van der Waals surface area contributed by atoms with Gasteiger partial charge in [-0.2, -0.15) is 0 Å². The lowest BCUT2D eigenvalue weighted by Gasteiger charge is -2.13. The van der Waals surface area contributed by atoms with E-state index >= 15 is 0 Å². The summed E-state index contributed by atoms with van der Waals surface area (Å²) >= 11 is 0.823. The van der Waals surface area contributed by atoms with Crippen molar-refractivity contribution in [2.45, 2.75) is 0 Å². The average molecular weight is 514 g/mol. The summed E-state index contributed by atoms with van der Waals surface area (Å²) in [7, 11) is 2.93. The zero-order valence-corrected chi connectivity index (χ0v) is 20.3. The largest absolute Gasteiger partial charge is 0.497 e. The molecule has 4 amide bonds. The Morgan fingerprint density at radius 3 is 2.47 bits per heavy atom. The van der Waals surface area contributed by atoms with E-state index in [1.807, 2.05) is 0 Å². The molecule has 12 heteroatoms. The third-order valence-electron chi connectivity index (χ3n) is 5.25. The summed E-state index contributed by atoms with van der Waals surface area (Å²) in [5.41, 5.74) is 0.966. The lowest BCUT2D eigenvalue weighted by Crippen LogP contribution is -2.41. The number of rotatable bonds is 9. The normalized spacial score (nSPS) is 15.3. The maximum Gasteiger partial charge on any atom is 0.293 e. The van der Waals surface area contributed by atoms with Crippen LogP contribution in [0.25, 0.3) is 6.08 Å². The topological polar surface area (TPSA) is 132 Å². The van der Waals surface area contributed by atoms with Crippen molar-refractivity contribution >= 4 is 40.8 Å². The molecule has 4 rings (SSSR count). The fourth-order valence-corrected chi connectivity index (χ4v) is 4.28. The summed E-state index contributed by atoms with van der Waals surface area (Å²) in [4.78, 5) is 50.9. The second-order valence-corrected chi connectivity index (χ2v) is 8.57. The average Bonchev–Trinajstić information content (AvgIpc) is 3.46. The third kappa shape index (κ3) is 5.71. The molecule has 1 saturated heterocycles. The molecule has 2 aliphatic rings. The number of fused-ring (bicyclic) bond motifs is 1. The van der Waals surface area contributed by atoms with E-state index in [0.717, 1.165) is 16.7 Å². The molecule has 0 radical (unpaired) electrons. The van der Waals surface area contributed by atoms with Gasteiger partial charge in [-0.3, -0.25) is 24.1 Å². The first-order valence-corrected chi connectivity index (χ1v) is 11.6. The Balaban J connectivity index is 1.25. The van der Waals surface area contributed by atoms with E-state index in [2.05, 4.69) is 10.6 Å². The zero-order chi connectivity index (χ0) is 25.7. The predicted molar refractivity (Wildman–Crippen MR) is 130 cm³/mol. The van der Waals surface area contributed by atoms with E-state index in [0.29, 0.717) is 28.6 Å². The summed E-state index contributed by atoms with van der Waals surface area (Å²) in [6.07, 6.45) is 1.61. The predicted octanol–water partition coefficient (Wildman–Crippen LogP) is 2.01. The molecule has 0 unspecified atom stereocenters. The van der Waals surface area contributed by atoms with Gasteiger partial charge >= 0.3 is 0 Å². The Bertz CT molecular complexity index is 1220. The molecule has 11 nitrogen and oxygen atoms in total. The summed E-state index contributed by atoms with van der Waals surface area (Å²) < 4.78 is 20.9. The highest BCUT2D eigenvalue weighted by atomic mass is 32.2. The van der Waals surface area contributed by atoms with Gasteiger partial charge < -0.3 is 29.6 Å².